The van der Waals surface area contributed by atoms with Gasteiger partial charge in [0.25, 0.3) is 5.91 Å². The summed E-state index contributed by atoms with van der Waals surface area (Å²) in [4.78, 5) is 45.5. The molecule has 0 saturated carbocycles. The van der Waals surface area contributed by atoms with E-state index in [9.17, 15) is 14.4 Å². The summed E-state index contributed by atoms with van der Waals surface area (Å²) in [6, 6.07) is 10.6. The van der Waals surface area contributed by atoms with Crippen LogP contribution in [-0.4, -0.2) is 54.8 Å². The number of benzene rings is 2. The quantitative estimate of drug-likeness (QED) is 0.673. The number of likely N-dealkylation sites (tertiary alicyclic amines) is 1. The Morgan fingerprint density at radius 2 is 1.74 bits per heavy atom. The van der Waals surface area contributed by atoms with E-state index in [4.69, 9.17) is 11.6 Å². The van der Waals surface area contributed by atoms with Crippen molar-refractivity contribution in [1.29, 1.82) is 0 Å². The highest BCUT2D eigenvalue weighted by molar-refractivity contribution is 6.30. The zero-order chi connectivity index (χ0) is 24.5. The van der Waals surface area contributed by atoms with Gasteiger partial charge in [-0.1, -0.05) is 11.6 Å². The predicted octanol–water partition coefficient (Wildman–Crippen LogP) is 4.62. The van der Waals surface area contributed by atoms with Gasteiger partial charge in [0, 0.05) is 35.9 Å². The molecule has 5 rings (SSSR count). The monoisotopic (exact) mass is 494 g/mol. The fraction of sp³-hybridized carbons (Fsp3) is 0.444. The molecule has 3 amide bonds. The number of anilines is 3. The van der Waals surface area contributed by atoms with Crippen LogP contribution < -0.4 is 15.1 Å². The summed E-state index contributed by atoms with van der Waals surface area (Å²) in [6.45, 7) is 4.08. The maximum atomic E-state index is 13.6. The zero-order valence-corrected chi connectivity index (χ0v) is 20.8. The van der Waals surface area contributed by atoms with Crippen molar-refractivity contribution in [1.82, 2.24) is 4.90 Å². The van der Waals surface area contributed by atoms with E-state index in [2.05, 4.69) is 10.2 Å². The van der Waals surface area contributed by atoms with E-state index in [1.165, 1.54) is 0 Å². The molecule has 3 heterocycles. The number of rotatable bonds is 4. The molecule has 184 valence electrons. The number of piperidine rings is 2. The molecule has 0 unspecified atom stereocenters. The molecule has 0 radical (unpaired) electrons. The Bertz CT molecular complexity index is 1160. The van der Waals surface area contributed by atoms with Gasteiger partial charge < -0.3 is 15.1 Å². The predicted molar refractivity (Wildman–Crippen MR) is 138 cm³/mol. The summed E-state index contributed by atoms with van der Waals surface area (Å²) in [5, 5.41) is 3.52. The third kappa shape index (κ3) is 4.74. The summed E-state index contributed by atoms with van der Waals surface area (Å²) in [7, 11) is 0. The average Bonchev–Trinajstić information content (AvgIpc) is 2.88. The number of carbonyl (C=O) groups excluding carboxylic acids is 3. The number of nitrogens with zero attached hydrogens (tertiary/aromatic N) is 3. The lowest BCUT2D eigenvalue weighted by atomic mass is 9.95. The summed E-state index contributed by atoms with van der Waals surface area (Å²) in [5.41, 5.74) is 3.63. The van der Waals surface area contributed by atoms with E-state index in [1.54, 1.807) is 29.2 Å². The standard InChI is InChI=1S/C27H31ClN4O3/c1-18-15-20(28)9-10-21(18)29-25(33)17-32-24-16-19(26(34)30-12-4-2-5-13-30)8-11-22(24)31-14-6-3-7-23(31)27(32)35/h8-11,15-16,23H,2-7,12-14,17H2,1H3,(H,29,33)/t23-/m1/s1. The third-order valence-electron chi connectivity index (χ3n) is 7.28. The molecule has 1 N–H and O–H groups in total. The van der Waals surface area contributed by atoms with E-state index in [0.717, 1.165) is 69.4 Å². The highest BCUT2D eigenvalue weighted by atomic mass is 35.5. The molecular weight excluding hydrogens is 464 g/mol. The van der Waals surface area contributed by atoms with Crippen LogP contribution in [0.5, 0.6) is 0 Å². The van der Waals surface area contributed by atoms with Crippen molar-refractivity contribution in [3.05, 3.63) is 52.5 Å². The van der Waals surface area contributed by atoms with Crippen molar-refractivity contribution in [2.45, 2.75) is 51.5 Å². The van der Waals surface area contributed by atoms with Crippen LogP contribution in [0.3, 0.4) is 0 Å². The van der Waals surface area contributed by atoms with Crippen LogP contribution in [0.25, 0.3) is 0 Å². The average molecular weight is 495 g/mol. The van der Waals surface area contributed by atoms with Crippen LogP contribution in [-0.2, 0) is 9.59 Å². The maximum Gasteiger partial charge on any atom is 0.253 e. The lowest BCUT2D eigenvalue weighted by Gasteiger charge is -2.45. The molecule has 0 aliphatic carbocycles. The molecule has 0 aromatic heterocycles. The first-order chi connectivity index (χ1) is 16.9. The number of fused-ring (bicyclic) bond motifs is 3. The molecular formula is C27H31ClN4O3. The van der Waals surface area contributed by atoms with Crippen molar-refractivity contribution < 1.29 is 14.4 Å². The molecule has 3 aliphatic heterocycles. The van der Waals surface area contributed by atoms with E-state index in [1.807, 2.05) is 24.0 Å². The van der Waals surface area contributed by atoms with Gasteiger partial charge in [-0.15, -0.1) is 0 Å². The van der Waals surface area contributed by atoms with Crippen molar-refractivity contribution in [2.75, 3.05) is 41.3 Å². The second-order valence-electron chi connectivity index (χ2n) is 9.69. The first kappa shape index (κ1) is 23.7. The van der Waals surface area contributed by atoms with Gasteiger partial charge in [-0.2, -0.15) is 0 Å². The van der Waals surface area contributed by atoms with Crippen molar-refractivity contribution in [2.24, 2.45) is 0 Å². The Labute approximate surface area is 211 Å². The number of aryl methyl sites for hydroxylation is 1. The number of hydrogen-bond acceptors (Lipinski definition) is 4. The highest BCUT2D eigenvalue weighted by Crippen LogP contribution is 2.40. The lowest BCUT2D eigenvalue weighted by molar-refractivity contribution is -0.123. The molecule has 35 heavy (non-hydrogen) atoms. The molecule has 0 spiro atoms. The first-order valence-corrected chi connectivity index (χ1v) is 12.9. The first-order valence-electron chi connectivity index (χ1n) is 12.5. The van der Waals surface area contributed by atoms with Gasteiger partial charge in [0.1, 0.15) is 12.6 Å². The largest absolute Gasteiger partial charge is 0.358 e. The second kappa shape index (κ2) is 9.90. The minimum Gasteiger partial charge on any atom is -0.358 e. The summed E-state index contributed by atoms with van der Waals surface area (Å²) >= 11 is 6.04. The minimum atomic E-state index is -0.285. The Hall–Kier alpha value is -3.06. The molecule has 2 aromatic rings. The molecule has 1 atom stereocenters. The van der Waals surface area contributed by atoms with Crippen LogP contribution in [0.15, 0.2) is 36.4 Å². The van der Waals surface area contributed by atoms with E-state index < -0.39 is 0 Å². The molecule has 8 heteroatoms. The third-order valence-corrected chi connectivity index (χ3v) is 7.52. The summed E-state index contributed by atoms with van der Waals surface area (Å²) in [6.07, 6.45) is 5.95. The molecule has 2 fully saturated rings. The Balaban J connectivity index is 1.45. The van der Waals surface area contributed by atoms with Gasteiger partial charge in [0.05, 0.1) is 11.4 Å². The van der Waals surface area contributed by atoms with Crippen molar-refractivity contribution in [3.63, 3.8) is 0 Å². The molecule has 2 aromatic carbocycles. The maximum absolute atomic E-state index is 13.6. The van der Waals surface area contributed by atoms with E-state index in [0.29, 0.717) is 22.0 Å². The van der Waals surface area contributed by atoms with Crippen LogP contribution in [0.2, 0.25) is 5.02 Å². The molecule has 3 aliphatic rings. The number of nitrogens with one attached hydrogen (secondary N) is 1. The van der Waals surface area contributed by atoms with Gasteiger partial charge in [-0.25, -0.2) is 0 Å². The van der Waals surface area contributed by atoms with Gasteiger partial charge in [0.2, 0.25) is 11.8 Å². The Morgan fingerprint density at radius 1 is 0.971 bits per heavy atom. The van der Waals surface area contributed by atoms with Crippen molar-refractivity contribution in [3.8, 4) is 0 Å². The summed E-state index contributed by atoms with van der Waals surface area (Å²) < 4.78 is 0. The Morgan fingerprint density at radius 3 is 2.51 bits per heavy atom. The fourth-order valence-corrected chi connectivity index (χ4v) is 5.66. The normalized spacial score (nSPS) is 19.8. The SMILES string of the molecule is Cc1cc(Cl)ccc1NC(=O)CN1C(=O)[C@H]2CCCCN2c2ccc(C(=O)N3CCCCC3)cc21. The van der Waals surface area contributed by atoms with E-state index in [-0.39, 0.29) is 30.3 Å². The molecule has 2 saturated heterocycles. The lowest BCUT2D eigenvalue weighted by Crippen LogP contribution is -2.56. The molecule has 0 bridgehead atoms. The zero-order valence-electron chi connectivity index (χ0n) is 20.1. The van der Waals surface area contributed by atoms with Crippen molar-refractivity contribution >= 4 is 46.4 Å². The van der Waals surface area contributed by atoms with E-state index >= 15 is 0 Å². The number of halogens is 1. The number of carbonyl (C=O) groups is 3. The summed E-state index contributed by atoms with van der Waals surface area (Å²) in [5.74, 6) is -0.378. The van der Waals surface area contributed by atoms with Gasteiger partial charge in [-0.3, -0.25) is 19.3 Å². The van der Waals surface area contributed by atoms with Crippen LogP contribution in [0.4, 0.5) is 17.1 Å². The second-order valence-corrected chi connectivity index (χ2v) is 10.1. The highest BCUT2D eigenvalue weighted by Gasteiger charge is 2.40. The topological polar surface area (TPSA) is 73.0 Å². The van der Waals surface area contributed by atoms with Gasteiger partial charge >= 0.3 is 0 Å². The number of amides is 3. The number of hydrogen-bond donors (Lipinski definition) is 1. The molecule has 7 nitrogen and oxygen atoms in total. The Kier molecular flexibility index (Phi) is 6.69. The van der Waals surface area contributed by atoms with Crippen LogP contribution in [0, 0.1) is 6.92 Å². The van der Waals surface area contributed by atoms with Crippen LogP contribution >= 0.6 is 11.6 Å². The fourth-order valence-electron chi connectivity index (χ4n) is 5.43. The smallest absolute Gasteiger partial charge is 0.253 e. The minimum absolute atomic E-state index is 0.0121. The van der Waals surface area contributed by atoms with Gasteiger partial charge in [-0.05, 0) is 87.4 Å². The van der Waals surface area contributed by atoms with Crippen LogP contribution in [0.1, 0.15) is 54.4 Å². The van der Waals surface area contributed by atoms with Gasteiger partial charge in [0.15, 0.2) is 0 Å².